The molecule has 0 saturated carbocycles. The van der Waals surface area contributed by atoms with Crippen molar-refractivity contribution >= 4 is 8.32 Å². The number of hydrogen-bond acceptors (Lipinski definition) is 4. The van der Waals surface area contributed by atoms with Gasteiger partial charge in [0.2, 0.25) is 0 Å². The van der Waals surface area contributed by atoms with Gasteiger partial charge < -0.3 is 18.6 Å². The largest absolute Gasteiger partial charge is 0.489 e. The van der Waals surface area contributed by atoms with Gasteiger partial charge >= 0.3 is 0 Å². The molecule has 0 bridgehead atoms. The first-order valence-corrected chi connectivity index (χ1v) is 19.4. The molecule has 3 atom stereocenters. The van der Waals surface area contributed by atoms with Crippen LogP contribution in [0.3, 0.4) is 0 Å². The van der Waals surface area contributed by atoms with Crippen molar-refractivity contribution in [3.63, 3.8) is 0 Å². The lowest BCUT2D eigenvalue weighted by Gasteiger charge is -2.38. The Kier molecular flexibility index (Phi) is 14.5. The van der Waals surface area contributed by atoms with E-state index in [0.717, 1.165) is 61.2 Å². The van der Waals surface area contributed by atoms with Gasteiger partial charge in [-0.2, -0.15) is 0 Å². The molecule has 1 fully saturated rings. The molecule has 0 amide bonds. The highest BCUT2D eigenvalue weighted by Crippen LogP contribution is 2.41. The van der Waals surface area contributed by atoms with E-state index in [4.69, 9.17) is 18.6 Å². The van der Waals surface area contributed by atoms with Crippen LogP contribution in [0.25, 0.3) is 0 Å². The molecular formula is C38H56O4Si. The molecule has 0 spiro atoms. The van der Waals surface area contributed by atoms with Crippen molar-refractivity contribution in [2.45, 2.75) is 135 Å². The van der Waals surface area contributed by atoms with Gasteiger partial charge in [0.05, 0.1) is 6.10 Å². The summed E-state index contributed by atoms with van der Waals surface area (Å²) < 4.78 is 25.7. The monoisotopic (exact) mass is 604 g/mol. The fraction of sp³-hybridized carbons (Fsp3) is 0.579. The number of hydrogen-bond donors (Lipinski definition) is 0. The Bertz CT molecular complexity index is 1150. The van der Waals surface area contributed by atoms with E-state index in [-0.39, 0.29) is 23.5 Å². The minimum absolute atomic E-state index is 0.0607. The number of unbranched alkanes of at least 4 members (excludes halogenated alkanes) is 2. The number of benzene rings is 2. The molecule has 4 nitrogen and oxygen atoms in total. The zero-order valence-electron chi connectivity index (χ0n) is 27.8. The van der Waals surface area contributed by atoms with Crippen LogP contribution in [-0.4, -0.2) is 27.3 Å². The van der Waals surface area contributed by atoms with Crippen LogP contribution in [0, 0.1) is 11.8 Å². The van der Waals surface area contributed by atoms with E-state index in [2.05, 4.69) is 83.5 Å². The van der Waals surface area contributed by atoms with Gasteiger partial charge in [-0.15, -0.1) is 12.5 Å². The predicted octanol–water partition coefficient (Wildman–Crippen LogP) is 10.3. The molecule has 0 radical (unpaired) electrons. The highest BCUT2D eigenvalue weighted by Gasteiger charge is 2.39. The van der Waals surface area contributed by atoms with Crippen molar-refractivity contribution in [2.24, 2.45) is 0 Å². The van der Waals surface area contributed by atoms with E-state index in [1.165, 1.54) is 25.7 Å². The van der Waals surface area contributed by atoms with Crippen LogP contribution >= 0.6 is 0 Å². The normalized spacial score (nSPS) is 17.0. The van der Waals surface area contributed by atoms with Crippen molar-refractivity contribution in [1.29, 1.82) is 0 Å². The molecule has 1 unspecified atom stereocenters. The maximum atomic E-state index is 7.03. The van der Waals surface area contributed by atoms with Crippen molar-refractivity contribution < 1.29 is 18.6 Å². The van der Waals surface area contributed by atoms with Crippen LogP contribution in [-0.2, 0) is 26.9 Å². The molecule has 3 rings (SSSR count). The molecule has 2 aromatic carbocycles. The van der Waals surface area contributed by atoms with E-state index in [0.29, 0.717) is 13.0 Å². The summed E-state index contributed by atoms with van der Waals surface area (Å²) in [5, 5.41) is 0.0607. The number of ether oxygens (including phenoxy) is 3. The molecule has 5 heteroatoms. The van der Waals surface area contributed by atoms with Gasteiger partial charge in [-0.1, -0.05) is 101 Å². The van der Waals surface area contributed by atoms with Gasteiger partial charge in [-0.3, -0.25) is 0 Å². The van der Waals surface area contributed by atoms with Gasteiger partial charge in [0, 0.05) is 18.6 Å². The summed E-state index contributed by atoms with van der Waals surface area (Å²) in [5.41, 5.74) is 3.32. The van der Waals surface area contributed by atoms with Gasteiger partial charge in [-0.05, 0) is 73.9 Å². The first-order chi connectivity index (χ1) is 20.6. The van der Waals surface area contributed by atoms with E-state index in [1.54, 1.807) is 0 Å². The SMILES string of the molecule is C=CCc1c(OCc2ccccc2)cccc1[C@@H](C#CCC[C@@H](CCCCC)OC1CCCCO1)O[Si](C)(C)C(C)(C)C. The fourth-order valence-electron chi connectivity index (χ4n) is 5.04. The van der Waals surface area contributed by atoms with E-state index in [1.807, 2.05) is 30.3 Å². The predicted molar refractivity (Wildman–Crippen MR) is 182 cm³/mol. The van der Waals surface area contributed by atoms with E-state index in [9.17, 15) is 0 Å². The third-order valence-electron chi connectivity index (χ3n) is 8.69. The third-order valence-corrected chi connectivity index (χ3v) is 13.1. The molecule has 1 heterocycles. The van der Waals surface area contributed by atoms with Crippen molar-refractivity contribution in [2.75, 3.05) is 6.61 Å². The van der Waals surface area contributed by atoms with Crippen molar-refractivity contribution in [1.82, 2.24) is 0 Å². The topological polar surface area (TPSA) is 36.9 Å². The second kappa shape index (κ2) is 17.8. The Labute approximate surface area is 263 Å². The van der Waals surface area contributed by atoms with Crippen molar-refractivity contribution in [3.8, 4) is 17.6 Å². The third kappa shape index (κ3) is 11.6. The fourth-order valence-corrected chi connectivity index (χ4v) is 6.17. The summed E-state index contributed by atoms with van der Waals surface area (Å²) in [6.45, 7) is 19.0. The van der Waals surface area contributed by atoms with Crippen LogP contribution in [0.4, 0.5) is 0 Å². The summed E-state index contributed by atoms with van der Waals surface area (Å²) in [4.78, 5) is 0. The molecular weight excluding hydrogens is 549 g/mol. The standard InChI is InChI=1S/C38H56O4Si/c1-8-10-12-23-32(41-37-28-17-18-29-39-37)24-15-16-26-36(42-43(6,7)38(3,4)5)34-25-19-27-35(33(34)20-9-2)40-30-31-21-13-11-14-22-31/h9,11,13-14,19,21-22,25,27,32,36-37H,2,8,10,12,15,17-18,20,23-24,28-30H2,1,3-7H3/t32-,36-,37?/m1/s1. The highest BCUT2D eigenvalue weighted by atomic mass is 28.4. The maximum absolute atomic E-state index is 7.03. The van der Waals surface area contributed by atoms with Crippen LogP contribution in [0.15, 0.2) is 61.2 Å². The lowest BCUT2D eigenvalue weighted by molar-refractivity contribution is -0.190. The minimum atomic E-state index is -2.13. The summed E-state index contributed by atoms with van der Waals surface area (Å²) >= 11 is 0. The van der Waals surface area contributed by atoms with Gasteiger partial charge in [-0.25, -0.2) is 0 Å². The molecule has 0 aromatic heterocycles. The Morgan fingerprint density at radius 2 is 1.84 bits per heavy atom. The van der Waals surface area contributed by atoms with Crippen LogP contribution < -0.4 is 4.74 Å². The maximum Gasteiger partial charge on any atom is 0.194 e. The minimum Gasteiger partial charge on any atom is -0.489 e. The molecule has 0 N–H and O–H groups in total. The summed E-state index contributed by atoms with van der Waals surface area (Å²) in [7, 11) is -2.13. The average Bonchev–Trinajstić information content (AvgIpc) is 2.98. The molecule has 43 heavy (non-hydrogen) atoms. The van der Waals surface area contributed by atoms with E-state index < -0.39 is 8.32 Å². The molecule has 2 aromatic rings. The summed E-state index contributed by atoms with van der Waals surface area (Å²) in [6, 6.07) is 16.5. The zero-order chi connectivity index (χ0) is 31.1. The number of allylic oxidation sites excluding steroid dienone is 1. The molecule has 1 saturated heterocycles. The van der Waals surface area contributed by atoms with Crippen LogP contribution in [0.2, 0.25) is 18.1 Å². The second-order valence-electron chi connectivity index (χ2n) is 13.3. The second-order valence-corrected chi connectivity index (χ2v) is 18.0. The average molecular weight is 605 g/mol. The smallest absolute Gasteiger partial charge is 0.194 e. The van der Waals surface area contributed by atoms with Crippen molar-refractivity contribution in [3.05, 3.63) is 77.9 Å². The van der Waals surface area contributed by atoms with E-state index >= 15 is 0 Å². The number of rotatable bonds is 16. The Morgan fingerprint density at radius 1 is 1.05 bits per heavy atom. The molecule has 0 aliphatic carbocycles. The van der Waals surface area contributed by atoms with Gasteiger partial charge in [0.25, 0.3) is 0 Å². The lowest BCUT2D eigenvalue weighted by Crippen LogP contribution is -2.41. The molecule has 1 aliphatic rings. The van der Waals surface area contributed by atoms with Gasteiger partial charge in [0.1, 0.15) is 18.5 Å². The molecule has 236 valence electrons. The summed E-state index contributed by atoms with van der Waals surface area (Å²) in [6.07, 6.45) is 12.1. The van der Waals surface area contributed by atoms with Crippen LogP contribution in [0.5, 0.6) is 5.75 Å². The van der Waals surface area contributed by atoms with Crippen LogP contribution in [0.1, 0.15) is 108 Å². The lowest BCUT2D eigenvalue weighted by atomic mass is 9.98. The first kappa shape index (κ1) is 35.1. The van der Waals surface area contributed by atoms with Gasteiger partial charge in [0.15, 0.2) is 14.6 Å². The Morgan fingerprint density at radius 3 is 2.51 bits per heavy atom. The summed E-state index contributed by atoms with van der Waals surface area (Å²) in [5.74, 6) is 7.96. The Balaban J connectivity index is 1.84. The quantitative estimate of drug-likeness (QED) is 0.0827. The zero-order valence-corrected chi connectivity index (χ0v) is 28.8. The molecule has 1 aliphatic heterocycles. The highest BCUT2D eigenvalue weighted by molar-refractivity contribution is 6.74. The first-order valence-electron chi connectivity index (χ1n) is 16.5. The Hall–Kier alpha value is -2.36.